The molecule has 1 aliphatic heterocycles. The molecule has 1 saturated heterocycles. The van der Waals surface area contributed by atoms with E-state index in [1.54, 1.807) is 14.0 Å². The van der Waals surface area contributed by atoms with Crippen LogP contribution in [0.15, 0.2) is 0 Å². The smallest absolute Gasteiger partial charge is 0.441 e. The van der Waals surface area contributed by atoms with E-state index in [0.29, 0.717) is 19.8 Å². The molecular weight excluding hydrogens is 322 g/mol. The van der Waals surface area contributed by atoms with Gasteiger partial charge in [-0.2, -0.15) is 0 Å². The minimum Gasteiger partial charge on any atom is -0.441 e. The average Bonchev–Trinajstić information content (AvgIpc) is 2.95. The molecule has 3 unspecified atom stereocenters. The Morgan fingerprint density at radius 1 is 1.17 bits per heavy atom. The maximum atomic E-state index is 11.5. The third-order valence-electron chi connectivity index (χ3n) is 3.06. The minimum atomic E-state index is -0.827. The van der Waals surface area contributed by atoms with E-state index in [2.05, 4.69) is 5.32 Å². The van der Waals surface area contributed by atoms with Gasteiger partial charge in [0, 0.05) is 7.11 Å². The molecule has 0 aliphatic carbocycles. The summed E-state index contributed by atoms with van der Waals surface area (Å²) < 4.78 is 30.8. The van der Waals surface area contributed by atoms with Gasteiger partial charge >= 0.3 is 12.2 Å². The molecule has 0 aromatic rings. The molecule has 4 atom stereocenters. The van der Waals surface area contributed by atoms with Crippen LogP contribution in [0.5, 0.6) is 0 Å². The fourth-order valence-electron chi connectivity index (χ4n) is 1.85. The number of hydrogen-bond donors (Lipinski definition) is 1. The summed E-state index contributed by atoms with van der Waals surface area (Å²) in [5.41, 5.74) is 0. The van der Waals surface area contributed by atoms with Crippen LogP contribution in [0.3, 0.4) is 0 Å². The molecule has 0 bridgehead atoms. The molecule has 0 radical (unpaired) electrons. The Hall–Kier alpha value is -1.58. The molecule has 0 spiro atoms. The van der Waals surface area contributed by atoms with Gasteiger partial charge in [0.05, 0.1) is 38.6 Å². The summed E-state index contributed by atoms with van der Waals surface area (Å²) in [5, 5.41) is 2.46. The molecule has 9 nitrogen and oxygen atoms in total. The van der Waals surface area contributed by atoms with Crippen molar-refractivity contribution in [2.75, 3.05) is 40.1 Å². The second kappa shape index (κ2) is 11.1. The van der Waals surface area contributed by atoms with Crippen molar-refractivity contribution >= 4 is 12.2 Å². The Morgan fingerprint density at radius 2 is 1.79 bits per heavy atom. The zero-order valence-electron chi connectivity index (χ0n) is 14.6. The lowest BCUT2D eigenvalue weighted by Gasteiger charge is -2.19. The lowest BCUT2D eigenvalue weighted by Crippen LogP contribution is -2.29. The van der Waals surface area contributed by atoms with Crippen LogP contribution in [-0.4, -0.2) is 76.7 Å². The van der Waals surface area contributed by atoms with Crippen LogP contribution in [0.1, 0.15) is 20.8 Å². The molecule has 1 fully saturated rings. The molecule has 0 aromatic carbocycles. The molecular formula is C15H27NO8. The first-order chi connectivity index (χ1) is 11.4. The van der Waals surface area contributed by atoms with E-state index in [4.69, 9.17) is 28.4 Å². The lowest BCUT2D eigenvalue weighted by atomic mass is 10.4. The van der Waals surface area contributed by atoms with Crippen molar-refractivity contribution in [2.24, 2.45) is 0 Å². The van der Waals surface area contributed by atoms with E-state index in [1.807, 2.05) is 13.8 Å². The van der Waals surface area contributed by atoms with E-state index in [-0.39, 0.29) is 25.4 Å². The zero-order valence-corrected chi connectivity index (χ0v) is 14.6. The van der Waals surface area contributed by atoms with Crippen LogP contribution in [-0.2, 0) is 28.4 Å². The standard InChI is InChI=1S/C15H27NO8/c1-10(6-19-4)20-7-11(2)21-8-12(3)23-15(18)22-9-13-5-16-14(17)24-13/h10-13H,5-9H2,1-4H3,(H,16,17)/t10?,11?,12?,13-/m0/s1. The topological polar surface area (TPSA) is 102 Å². The van der Waals surface area contributed by atoms with Crippen LogP contribution in [0.2, 0.25) is 0 Å². The monoisotopic (exact) mass is 349 g/mol. The number of rotatable bonds is 11. The van der Waals surface area contributed by atoms with Gasteiger partial charge in [-0.3, -0.25) is 0 Å². The minimum absolute atomic E-state index is 0.0103. The van der Waals surface area contributed by atoms with Crippen LogP contribution < -0.4 is 5.32 Å². The molecule has 1 amide bonds. The van der Waals surface area contributed by atoms with Crippen LogP contribution in [0, 0.1) is 0 Å². The quantitative estimate of drug-likeness (QED) is 0.553. The Balaban J connectivity index is 2.08. The van der Waals surface area contributed by atoms with Crippen molar-refractivity contribution in [3.8, 4) is 0 Å². The van der Waals surface area contributed by atoms with Gasteiger partial charge in [-0.15, -0.1) is 0 Å². The summed E-state index contributed by atoms with van der Waals surface area (Å²) in [5.74, 6) is 0. The van der Waals surface area contributed by atoms with Crippen molar-refractivity contribution < 1.29 is 38.0 Å². The first-order valence-electron chi connectivity index (χ1n) is 7.90. The molecule has 140 valence electrons. The van der Waals surface area contributed by atoms with Crippen molar-refractivity contribution in [3.05, 3.63) is 0 Å². The number of ether oxygens (including phenoxy) is 6. The summed E-state index contributed by atoms with van der Waals surface area (Å²) in [6.45, 7) is 6.89. The highest BCUT2D eigenvalue weighted by Crippen LogP contribution is 2.04. The third kappa shape index (κ3) is 8.90. The highest BCUT2D eigenvalue weighted by molar-refractivity contribution is 5.69. The first-order valence-corrected chi connectivity index (χ1v) is 7.90. The van der Waals surface area contributed by atoms with E-state index in [0.717, 1.165) is 0 Å². The van der Waals surface area contributed by atoms with Gasteiger partial charge in [0.2, 0.25) is 0 Å². The molecule has 1 rings (SSSR count). The predicted molar refractivity (Wildman–Crippen MR) is 82.9 cm³/mol. The number of carbonyl (C=O) groups is 2. The summed E-state index contributed by atoms with van der Waals surface area (Å²) >= 11 is 0. The number of carbonyl (C=O) groups excluding carboxylic acids is 2. The maximum Gasteiger partial charge on any atom is 0.508 e. The SMILES string of the molecule is COCC(C)OCC(C)OCC(C)OC(=O)OC[C@@H]1CNC(=O)O1. The molecule has 0 aromatic heterocycles. The number of nitrogens with one attached hydrogen (secondary N) is 1. The Morgan fingerprint density at radius 3 is 2.38 bits per heavy atom. The first kappa shape index (κ1) is 20.5. The second-order valence-electron chi connectivity index (χ2n) is 5.64. The third-order valence-corrected chi connectivity index (χ3v) is 3.06. The number of amides is 1. The van der Waals surface area contributed by atoms with Gasteiger partial charge in [0.1, 0.15) is 12.7 Å². The maximum absolute atomic E-state index is 11.5. The van der Waals surface area contributed by atoms with Crippen molar-refractivity contribution in [2.45, 2.75) is 45.2 Å². The van der Waals surface area contributed by atoms with Crippen LogP contribution in [0.25, 0.3) is 0 Å². The van der Waals surface area contributed by atoms with Gasteiger partial charge in [-0.05, 0) is 20.8 Å². The van der Waals surface area contributed by atoms with Crippen molar-refractivity contribution in [1.29, 1.82) is 0 Å². The van der Waals surface area contributed by atoms with Gasteiger partial charge < -0.3 is 33.7 Å². The van der Waals surface area contributed by atoms with Gasteiger partial charge in [-0.25, -0.2) is 9.59 Å². The molecule has 0 saturated carbocycles. The number of alkyl carbamates (subject to hydrolysis) is 1. The van der Waals surface area contributed by atoms with Gasteiger partial charge in [0.25, 0.3) is 0 Å². The number of cyclic esters (lactones) is 1. The Kier molecular flexibility index (Phi) is 9.43. The number of hydrogen-bond acceptors (Lipinski definition) is 8. The summed E-state index contributed by atoms with van der Waals surface area (Å²) in [7, 11) is 1.62. The van der Waals surface area contributed by atoms with Crippen molar-refractivity contribution in [3.63, 3.8) is 0 Å². The predicted octanol–water partition coefficient (Wildman–Crippen LogP) is 1.09. The van der Waals surface area contributed by atoms with Crippen LogP contribution in [0.4, 0.5) is 9.59 Å². The van der Waals surface area contributed by atoms with Crippen LogP contribution >= 0.6 is 0 Å². The molecule has 24 heavy (non-hydrogen) atoms. The summed E-state index contributed by atoms with van der Waals surface area (Å²) in [4.78, 5) is 22.3. The van der Waals surface area contributed by atoms with E-state index < -0.39 is 24.5 Å². The average molecular weight is 349 g/mol. The summed E-state index contributed by atoms with van der Waals surface area (Å²) in [6.07, 6.45) is -2.45. The number of methoxy groups -OCH3 is 1. The zero-order chi connectivity index (χ0) is 17.9. The normalized spacial score (nSPS) is 20.7. The fraction of sp³-hybridized carbons (Fsp3) is 0.867. The van der Waals surface area contributed by atoms with Gasteiger partial charge in [-0.1, -0.05) is 0 Å². The van der Waals surface area contributed by atoms with E-state index in [1.165, 1.54) is 0 Å². The molecule has 1 heterocycles. The van der Waals surface area contributed by atoms with Crippen molar-refractivity contribution in [1.82, 2.24) is 5.32 Å². The highest BCUT2D eigenvalue weighted by atomic mass is 16.7. The Labute approximate surface area is 141 Å². The van der Waals surface area contributed by atoms with Gasteiger partial charge in [0.15, 0.2) is 6.10 Å². The molecule has 1 aliphatic rings. The van der Waals surface area contributed by atoms with E-state index >= 15 is 0 Å². The van der Waals surface area contributed by atoms with E-state index in [9.17, 15) is 9.59 Å². The Bertz CT molecular complexity index is 392. The molecule has 9 heteroatoms. The highest BCUT2D eigenvalue weighted by Gasteiger charge is 2.24. The largest absolute Gasteiger partial charge is 0.508 e. The molecule has 1 N–H and O–H groups in total. The summed E-state index contributed by atoms with van der Waals surface area (Å²) in [6, 6.07) is 0. The second-order valence-corrected chi connectivity index (χ2v) is 5.64. The fourth-order valence-corrected chi connectivity index (χ4v) is 1.85. The lowest BCUT2D eigenvalue weighted by molar-refractivity contribution is -0.0741.